The maximum atomic E-state index is 11.9. The molecular weight excluding hydrogens is 296 g/mol. The Balaban J connectivity index is 1.50. The van der Waals surface area contributed by atoms with Crippen LogP contribution in [0.4, 0.5) is 0 Å². The molecule has 0 bridgehead atoms. The van der Waals surface area contributed by atoms with Crippen LogP contribution in [0.25, 0.3) is 11.0 Å². The van der Waals surface area contributed by atoms with E-state index in [1.165, 1.54) is 12.8 Å². The van der Waals surface area contributed by atoms with E-state index in [1.807, 2.05) is 24.3 Å². The maximum Gasteiger partial charge on any atom is 0.309 e. The number of nitrogens with zero attached hydrogens (tertiary/aromatic N) is 1. The Labute approximate surface area is 135 Å². The van der Waals surface area contributed by atoms with Crippen LogP contribution < -0.4 is 0 Å². The Morgan fingerprint density at radius 2 is 2.23 bits per heavy atom. The smallest absolute Gasteiger partial charge is 0.309 e. The van der Waals surface area contributed by atoms with Gasteiger partial charge in [-0.1, -0.05) is 50.1 Å². The third kappa shape index (κ3) is 3.64. The lowest BCUT2D eigenvalue weighted by atomic mass is 9.98. The van der Waals surface area contributed by atoms with Gasteiger partial charge in [0.25, 0.3) is 0 Å². The molecule has 1 fully saturated rings. The average molecular weight is 318 g/mol. The second-order valence-electron chi connectivity index (χ2n) is 5.86. The van der Waals surface area contributed by atoms with Crippen molar-refractivity contribution in [3.8, 4) is 0 Å². The van der Waals surface area contributed by atoms with Gasteiger partial charge in [0, 0.05) is 5.75 Å². The summed E-state index contributed by atoms with van der Waals surface area (Å²) in [5.74, 6) is 0.870. The molecule has 0 saturated carbocycles. The number of hydrogen-bond acceptors (Lipinski definition) is 4. The minimum absolute atomic E-state index is 0.00805. The highest BCUT2D eigenvalue weighted by Crippen LogP contribution is 2.30. The van der Waals surface area contributed by atoms with Crippen LogP contribution in [0.2, 0.25) is 0 Å². The molecule has 2 atom stereocenters. The van der Waals surface area contributed by atoms with E-state index < -0.39 is 0 Å². The van der Waals surface area contributed by atoms with Crippen LogP contribution in [0.3, 0.4) is 0 Å². The fourth-order valence-corrected chi connectivity index (χ4v) is 3.76. The number of esters is 1. The largest absolute Gasteiger partial charge is 0.461 e. The summed E-state index contributed by atoms with van der Waals surface area (Å²) in [6.45, 7) is 2.18. The number of aromatic nitrogens is 2. The molecule has 0 spiro atoms. The Hall–Kier alpha value is -1.49. The zero-order chi connectivity index (χ0) is 15.4. The number of H-pyrrole nitrogens is 1. The minimum Gasteiger partial charge on any atom is -0.461 e. The molecule has 118 valence electrons. The molecule has 5 heteroatoms. The Bertz CT molecular complexity index is 607. The van der Waals surface area contributed by atoms with Crippen LogP contribution in [-0.2, 0) is 9.53 Å². The third-order valence-corrected chi connectivity index (χ3v) is 5.10. The molecule has 1 aliphatic heterocycles. The number of thioether (sulfide) groups is 1. The van der Waals surface area contributed by atoms with Gasteiger partial charge in [-0.15, -0.1) is 0 Å². The predicted octanol–water partition coefficient (Wildman–Crippen LogP) is 4.17. The second-order valence-corrected chi connectivity index (χ2v) is 6.87. The number of imidazole rings is 1. The number of cyclic esters (lactones) is 1. The van der Waals surface area contributed by atoms with Crippen molar-refractivity contribution in [1.29, 1.82) is 0 Å². The topological polar surface area (TPSA) is 55.0 Å². The van der Waals surface area contributed by atoms with Gasteiger partial charge in [0.15, 0.2) is 5.16 Å². The molecule has 22 heavy (non-hydrogen) atoms. The molecule has 1 aromatic carbocycles. The minimum atomic E-state index is -0.00805. The van der Waals surface area contributed by atoms with E-state index in [9.17, 15) is 4.79 Å². The highest BCUT2D eigenvalue weighted by Gasteiger charge is 2.33. The molecule has 1 N–H and O–H groups in total. The van der Waals surface area contributed by atoms with Gasteiger partial charge in [-0.25, -0.2) is 4.98 Å². The van der Waals surface area contributed by atoms with E-state index in [4.69, 9.17) is 4.74 Å². The second kappa shape index (κ2) is 7.18. The van der Waals surface area contributed by atoms with Gasteiger partial charge < -0.3 is 9.72 Å². The molecule has 2 unspecified atom stereocenters. The van der Waals surface area contributed by atoms with Gasteiger partial charge >= 0.3 is 5.97 Å². The number of fused-ring (bicyclic) bond motifs is 1. The zero-order valence-corrected chi connectivity index (χ0v) is 13.7. The highest BCUT2D eigenvalue weighted by atomic mass is 32.2. The lowest BCUT2D eigenvalue weighted by Gasteiger charge is -2.06. The highest BCUT2D eigenvalue weighted by molar-refractivity contribution is 7.99. The molecular formula is C17H22N2O2S. The Kier molecular flexibility index (Phi) is 5.03. The summed E-state index contributed by atoms with van der Waals surface area (Å²) in [6.07, 6.45) is 5.36. The first-order valence-electron chi connectivity index (χ1n) is 8.04. The number of hydrogen-bond donors (Lipinski definition) is 1. The van der Waals surface area contributed by atoms with Crippen molar-refractivity contribution in [2.75, 3.05) is 5.75 Å². The molecule has 1 aromatic heterocycles. The summed E-state index contributed by atoms with van der Waals surface area (Å²) in [5.41, 5.74) is 2.02. The number of carbonyl (C=O) groups is 1. The number of benzene rings is 1. The molecule has 1 saturated heterocycles. The number of ether oxygens (including phenoxy) is 1. The third-order valence-electron chi connectivity index (χ3n) is 4.09. The van der Waals surface area contributed by atoms with E-state index in [-0.39, 0.29) is 18.0 Å². The first-order valence-corrected chi connectivity index (χ1v) is 9.03. The van der Waals surface area contributed by atoms with E-state index in [1.54, 1.807) is 11.8 Å². The monoisotopic (exact) mass is 318 g/mol. The number of unbranched alkanes of at least 4 members (excludes halogenated alkanes) is 2. The summed E-state index contributed by atoms with van der Waals surface area (Å²) in [6, 6.07) is 7.99. The van der Waals surface area contributed by atoms with Crippen LogP contribution in [0.5, 0.6) is 0 Å². The zero-order valence-electron chi connectivity index (χ0n) is 12.9. The number of para-hydroxylation sites is 2. The van der Waals surface area contributed by atoms with Crippen molar-refractivity contribution in [1.82, 2.24) is 9.97 Å². The van der Waals surface area contributed by atoms with Crippen molar-refractivity contribution >= 4 is 28.8 Å². The first kappa shape index (κ1) is 15.4. The summed E-state index contributed by atoms with van der Waals surface area (Å²) in [5, 5.41) is 0.895. The van der Waals surface area contributed by atoms with E-state index in [0.717, 1.165) is 41.2 Å². The number of nitrogens with one attached hydrogen (secondary N) is 1. The first-order chi connectivity index (χ1) is 10.8. The van der Waals surface area contributed by atoms with Crippen LogP contribution in [0.15, 0.2) is 29.4 Å². The lowest BCUT2D eigenvalue weighted by molar-refractivity contribution is -0.143. The van der Waals surface area contributed by atoms with Gasteiger partial charge in [-0.2, -0.15) is 0 Å². The predicted molar refractivity (Wildman–Crippen MR) is 88.9 cm³/mol. The normalized spacial score (nSPS) is 21.4. The summed E-state index contributed by atoms with van der Waals surface area (Å²) < 4.78 is 5.50. The lowest BCUT2D eigenvalue weighted by Crippen LogP contribution is -2.09. The number of aromatic amines is 1. The molecule has 2 heterocycles. The van der Waals surface area contributed by atoms with Gasteiger partial charge in [0.1, 0.15) is 6.10 Å². The standard InChI is InChI=1S/C17H22N2O2S/c1-2-3-4-7-12-10-13(21-16(12)20)11-22-17-18-14-8-5-6-9-15(14)19-17/h5-6,8-9,12-13H,2-4,7,10-11H2,1H3,(H,18,19). The summed E-state index contributed by atoms with van der Waals surface area (Å²) >= 11 is 1.63. The van der Waals surface area contributed by atoms with Crippen LogP contribution in [0, 0.1) is 5.92 Å². The van der Waals surface area contributed by atoms with Gasteiger partial charge in [0.2, 0.25) is 0 Å². The fraction of sp³-hybridized carbons (Fsp3) is 0.529. The molecule has 1 aliphatic rings. The van der Waals surface area contributed by atoms with Crippen molar-refractivity contribution in [3.05, 3.63) is 24.3 Å². The fourth-order valence-electron chi connectivity index (χ4n) is 2.87. The molecule has 4 nitrogen and oxygen atoms in total. The molecule has 0 radical (unpaired) electrons. The van der Waals surface area contributed by atoms with E-state index >= 15 is 0 Å². The van der Waals surface area contributed by atoms with Crippen LogP contribution >= 0.6 is 11.8 Å². The van der Waals surface area contributed by atoms with Crippen LogP contribution in [-0.4, -0.2) is 27.8 Å². The summed E-state index contributed by atoms with van der Waals surface area (Å²) in [7, 11) is 0. The van der Waals surface area contributed by atoms with E-state index in [0.29, 0.717) is 0 Å². The quantitative estimate of drug-likeness (QED) is 0.473. The number of rotatable bonds is 7. The molecule has 2 aromatic rings. The molecule has 0 amide bonds. The Morgan fingerprint density at radius 3 is 3.05 bits per heavy atom. The van der Waals surface area contributed by atoms with Crippen molar-refractivity contribution in [2.45, 2.75) is 50.3 Å². The van der Waals surface area contributed by atoms with Gasteiger partial charge in [-0.05, 0) is 25.0 Å². The van der Waals surface area contributed by atoms with Crippen molar-refractivity contribution in [3.63, 3.8) is 0 Å². The molecule has 0 aliphatic carbocycles. The number of carbonyl (C=O) groups excluding carboxylic acids is 1. The summed E-state index contributed by atoms with van der Waals surface area (Å²) in [4.78, 5) is 19.7. The Morgan fingerprint density at radius 1 is 1.36 bits per heavy atom. The van der Waals surface area contributed by atoms with Crippen molar-refractivity contribution in [2.24, 2.45) is 5.92 Å². The van der Waals surface area contributed by atoms with Crippen LogP contribution in [0.1, 0.15) is 39.0 Å². The maximum absolute atomic E-state index is 11.9. The van der Waals surface area contributed by atoms with Gasteiger partial charge in [0.05, 0.1) is 17.0 Å². The SMILES string of the molecule is CCCCCC1CC(CSc2nc3ccccc3[nH]2)OC1=O. The molecule has 3 rings (SSSR count). The van der Waals surface area contributed by atoms with Gasteiger partial charge in [-0.3, -0.25) is 4.79 Å². The van der Waals surface area contributed by atoms with Crippen molar-refractivity contribution < 1.29 is 9.53 Å². The van der Waals surface area contributed by atoms with E-state index in [2.05, 4.69) is 16.9 Å². The average Bonchev–Trinajstić information content (AvgIpc) is 3.09.